The van der Waals surface area contributed by atoms with Gasteiger partial charge in [-0.15, -0.1) is 5.10 Å². The molecule has 0 radical (unpaired) electrons. The highest BCUT2D eigenvalue weighted by Gasteiger charge is 2.27. The van der Waals surface area contributed by atoms with E-state index in [4.69, 9.17) is 10.5 Å². The number of rotatable bonds is 3. The summed E-state index contributed by atoms with van der Waals surface area (Å²) in [5, 5.41) is 4.62. The van der Waals surface area contributed by atoms with E-state index in [1.165, 1.54) is 24.4 Å². The van der Waals surface area contributed by atoms with Gasteiger partial charge in [-0.1, -0.05) is 18.3 Å². The average molecular weight is 241 g/mol. The predicted molar refractivity (Wildman–Crippen MR) is 65.1 cm³/mol. The monoisotopic (exact) mass is 241 g/mol. The van der Waals surface area contributed by atoms with Gasteiger partial charge in [-0.2, -0.15) is 0 Å². The number of nitrogens with zero attached hydrogens (tertiary/aromatic N) is 2. The van der Waals surface area contributed by atoms with Crippen LogP contribution in [-0.2, 0) is 11.3 Å². The molecule has 0 unspecified atom stereocenters. The van der Waals surface area contributed by atoms with Crippen molar-refractivity contribution in [1.82, 2.24) is 9.59 Å². The molecule has 0 amide bonds. The number of nitrogen functional groups attached to an aromatic ring is 1. The summed E-state index contributed by atoms with van der Waals surface area (Å²) < 4.78 is 9.62. The highest BCUT2D eigenvalue weighted by molar-refractivity contribution is 7.09. The molecule has 0 saturated heterocycles. The normalized spacial score (nSPS) is 21.1. The van der Waals surface area contributed by atoms with E-state index in [1.54, 1.807) is 0 Å². The molecule has 1 heterocycles. The lowest BCUT2D eigenvalue weighted by Crippen LogP contribution is -2.26. The fourth-order valence-corrected chi connectivity index (χ4v) is 2.48. The lowest BCUT2D eigenvalue weighted by molar-refractivity contribution is -0.00666. The fourth-order valence-electron chi connectivity index (χ4n) is 2.05. The maximum absolute atomic E-state index is 5.83. The van der Waals surface area contributed by atoms with Crippen LogP contribution in [0.25, 0.3) is 0 Å². The van der Waals surface area contributed by atoms with Gasteiger partial charge in [0.05, 0.1) is 12.7 Å². The third-order valence-corrected chi connectivity index (χ3v) is 3.92. The van der Waals surface area contributed by atoms with Gasteiger partial charge in [0.2, 0.25) is 0 Å². The first-order valence-corrected chi connectivity index (χ1v) is 6.52. The van der Waals surface area contributed by atoms with Gasteiger partial charge in [0.15, 0.2) is 0 Å². The molecule has 0 aromatic carbocycles. The Morgan fingerprint density at radius 2 is 2.12 bits per heavy atom. The minimum atomic E-state index is 0.370. The standard InChI is InChI=1S/C11H19N3OS/c1-11(2)5-3-8(4-6-11)15-7-9-10(12)16-14-13-9/h8H,3-7,12H2,1-2H3. The van der Waals surface area contributed by atoms with E-state index in [-0.39, 0.29) is 0 Å². The van der Waals surface area contributed by atoms with Gasteiger partial charge in [-0.25, -0.2) is 0 Å². The minimum absolute atomic E-state index is 0.370. The highest BCUT2D eigenvalue weighted by atomic mass is 32.1. The number of hydrogen-bond acceptors (Lipinski definition) is 5. The summed E-state index contributed by atoms with van der Waals surface area (Å²) in [7, 11) is 0. The first kappa shape index (κ1) is 11.8. The van der Waals surface area contributed by atoms with Gasteiger partial charge < -0.3 is 10.5 Å². The van der Waals surface area contributed by atoms with Gasteiger partial charge in [-0.3, -0.25) is 0 Å². The Morgan fingerprint density at radius 3 is 2.69 bits per heavy atom. The summed E-state index contributed by atoms with van der Waals surface area (Å²) in [6, 6.07) is 0. The molecule has 5 heteroatoms. The Bertz CT molecular complexity index is 341. The Kier molecular flexibility index (Phi) is 3.44. The van der Waals surface area contributed by atoms with Crippen LogP contribution in [0.1, 0.15) is 45.2 Å². The maximum Gasteiger partial charge on any atom is 0.133 e. The number of anilines is 1. The summed E-state index contributed by atoms with van der Waals surface area (Å²) in [5.41, 5.74) is 6.99. The number of hydrogen-bond donors (Lipinski definition) is 1. The SMILES string of the molecule is CC1(C)CCC(OCc2nnsc2N)CC1. The summed E-state index contributed by atoms with van der Waals surface area (Å²) in [5.74, 6) is 0. The molecule has 1 aromatic heterocycles. The Morgan fingerprint density at radius 1 is 1.44 bits per heavy atom. The summed E-state index contributed by atoms with van der Waals surface area (Å²) in [6.07, 6.45) is 5.13. The van der Waals surface area contributed by atoms with Crippen LogP contribution < -0.4 is 5.73 Å². The molecule has 2 rings (SSSR count). The third kappa shape index (κ3) is 2.92. The molecule has 1 saturated carbocycles. The molecule has 0 bridgehead atoms. The van der Waals surface area contributed by atoms with Crippen molar-refractivity contribution < 1.29 is 4.74 Å². The molecule has 0 atom stereocenters. The van der Waals surface area contributed by atoms with Crippen LogP contribution in [0.3, 0.4) is 0 Å². The van der Waals surface area contributed by atoms with Crippen LogP contribution in [-0.4, -0.2) is 15.7 Å². The van der Waals surface area contributed by atoms with Crippen LogP contribution in [0.4, 0.5) is 5.00 Å². The van der Waals surface area contributed by atoms with Crippen LogP contribution in [0, 0.1) is 5.41 Å². The predicted octanol–water partition coefficient (Wildman–Crippen LogP) is 2.61. The number of nitrogens with two attached hydrogens (primary N) is 1. The van der Waals surface area contributed by atoms with Crippen molar-refractivity contribution in [3.8, 4) is 0 Å². The van der Waals surface area contributed by atoms with Crippen molar-refractivity contribution in [2.24, 2.45) is 5.41 Å². The van der Waals surface area contributed by atoms with E-state index < -0.39 is 0 Å². The van der Waals surface area contributed by atoms with E-state index in [2.05, 4.69) is 23.4 Å². The lowest BCUT2D eigenvalue weighted by atomic mass is 9.76. The van der Waals surface area contributed by atoms with Gasteiger partial charge in [0.25, 0.3) is 0 Å². The van der Waals surface area contributed by atoms with E-state index >= 15 is 0 Å². The Hall–Kier alpha value is -0.680. The molecule has 0 aliphatic heterocycles. The van der Waals surface area contributed by atoms with Gasteiger partial charge in [-0.05, 0) is 31.1 Å². The van der Waals surface area contributed by atoms with E-state index in [0.717, 1.165) is 18.5 Å². The van der Waals surface area contributed by atoms with Crippen LogP contribution in [0.5, 0.6) is 0 Å². The van der Waals surface area contributed by atoms with Crippen molar-refractivity contribution in [3.63, 3.8) is 0 Å². The minimum Gasteiger partial charge on any atom is -0.388 e. The zero-order valence-electron chi connectivity index (χ0n) is 9.90. The van der Waals surface area contributed by atoms with Gasteiger partial charge in [0.1, 0.15) is 10.7 Å². The maximum atomic E-state index is 5.83. The first-order chi connectivity index (χ1) is 7.57. The zero-order chi connectivity index (χ0) is 11.6. The molecule has 2 N–H and O–H groups in total. The van der Waals surface area contributed by atoms with Gasteiger partial charge in [0, 0.05) is 11.5 Å². The van der Waals surface area contributed by atoms with Crippen LogP contribution in [0.2, 0.25) is 0 Å². The van der Waals surface area contributed by atoms with Crippen molar-refractivity contribution in [3.05, 3.63) is 5.69 Å². The molecule has 0 spiro atoms. The summed E-state index contributed by atoms with van der Waals surface area (Å²) in [4.78, 5) is 0. The lowest BCUT2D eigenvalue weighted by Gasteiger charge is -2.34. The Labute approximate surface area is 100 Å². The molecule has 90 valence electrons. The Balaban J connectivity index is 1.78. The quantitative estimate of drug-likeness (QED) is 0.883. The second-order valence-corrected chi connectivity index (χ2v) is 6.04. The summed E-state index contributed by atoms with van der Waals surface area (Å²) >= 11 is 1.23. The van der Waals surface area contributed by atoms with Crippen molar-refractivity contribution in [2.75, 3.05) is 5.73 Å². The molecule has 16 heavy (non-hydrogen) atoms. The van der Waals surface area contributed by atoms with Crippen LogP contribution in [0.15, 0.2) is 0 Å². The molecular formula is C11H19N3OS. The molecule has 1 aromatic rings. The van der Waals surface area contributed by atoms with Gasteiger partial charge >= 0.3 is 0 Å². The van der Waals surface area contributed by atoms with Crippen molar-refractivity contribution in [2.45, 2.75) is 52.2 Å². The second-order valence-electron chi connectivity index (χ2n) is 5.26. The second kappa shape index (κ2) is 4.67. The zero-order valence-corrected chi connectivity index (χ0v) is 10.7. The van der Waals surface area contributed by atoms with E-state index in [0.29, 0.717) is 23.1 Å². The average Bonchev–Trinajstić information content (AvgIpc) is 2.63. The number of aromatic nitrogens is 2. The van der Waals surface area contributed by atoms with E-state index in [1.807, 2.05) is 0 Å². The first-order valence-electron chi connectivity index (χ1n) is 5.75. The van der Waals surface area contributed by atoms with Crippen molar-refractivity contribution >= 4 is 16.5 Å². The number of ether oxygens (including phenoxy) is 1. The highest BCUT2D eigenvalue weighted by Crippen LogP contribution is 2.36. The van der Waals surface area contributed by atoms with Crippen molar-refractivity contribution in [1.29, 1.82) is 0 Å². The smallest absolute Gasteiger partial charge is 0.133 e. The molecule has 1 aliphatic carbocycles. The topological polar surface area (TPSA) is 61.0 Å². The third-order valence-electron chi connectivity index (χ3n) is 3.33. The van der Waals surface area contributed by atoms with Crippen LogP contribution >= 0.6 is 11.5 Å². The largest absolute Gasteiger partial charge is 0.388 e. The fraction of sp³-hybridized carbons (Fsp3) is 0.818. The molecular weight excluding hydrogens is 222 g/mol. The molecule has 1 fully saturated rings. The molecule has 1 aliphatic rings. The van der Waals surface area contributed by atoms with E-state index in [9.17, 15) is 0 Å². The summed E-state index contributed by atoms with van der Waals surface area (Å²) in [6.45, 7) is 5.16. The molecule has 4 nitrogen and oxygen atoms in total.